The van der Waals surface area contributed by atoms with Crippen molar-refractivity contribution in [1.82, 2.24) is 0 Å². The Balaban J connectivity index is 1.28. The fourth-order valence-electron chi connectivity index (χ4n) is 6.94. The van der Waals surface area contributed by atoms with E-state index in [-0.39, 0.29) is 0 Å². The number of rotatable bonds is 6. The molecule has 0 bridgehead atoms. The van der Waals surface area contributed by atoms with E-state index >= 15 is 0 Å². The van der Waals surface area contributed by atoms with Crippen molar-refractivity contribution in [3.8, 4) is 33.4 Å². The molecule has 0 aliphatic heterocycles. The van der Waals surface area contributed by atoms with Gasteiger partial charge < -0.3 is 9.32 Å². The molecule has 0 amide bonds. The van der Waals surface area contributed by atoms with Gasteiger partial charge in [0.1, 0.15) is 11.2 Å². The summed E-state index contributed by atoms with van der Waals surface area (Å²) in [4.78, 5) is 2.32. The van der Waals surface area contributed by atoms with Gasteiger partial charge in [-0.3, -0.25) is 0 Å². The number of furan rings is 1. The van der Waals surface area contributed by atoms with Crippen LogP contribution in [0.5, 0.6) is 0 Å². The highest BCUT2D eigenvalue weighted by atomic mass is 16.3. The van der Waals surface area contributed by atoms with Crippen LogP contribution in [0.2, 0.25) is 0 Å². The first kappa shape index (κ1) is 27.9. The van der Waals surface area contributed by atoms with E-state index in [0.717, 1.165) is 50.1 Å². The second-order valence-electron chi connectivity index (χ2n) is 12.2. The molecule has 0 aliphatic carbocycles. The Morgan fingerprint density at radius 1 is 0.333 bits per heavy atom. The molecule has 0 fully saturated rings. The second-order valence-corrected chi connectivity index (χ2v) is 12.2. The molecule has 0 aliphatic rings. The zero-order chi connectivity index (χ0) is 31.9. The van der Waals surface area contributed by atoms with E-state index in [1.165, 1.54) is 33.0 Å². The van der Waals surface area contributed by atoms with E-state index < -0.39 is 0 Å². The smallest absolute Gasteiger partial charge is 0.138 e. The number of benzene rings is 8. The van der Waals surface area contributed by atoms with Crippen molar-refractivity contribution in [2.75, 3.05) is 4.90 Å². The fraction of sp³-hybridized carbons (Fsp3) is 0. The third-order valence-corrected chi connectivity index (χ3v) is 9.26. The average Bonchev–Trinajstić information content (AvgIpc) is 3.55. The van der Waals surface area contributed by atoms with Crippen LogP contribution in [-0.4, -0.2) is 0 Å². The third-order valence-electron chi connectivity index (χ3n) is 9.26. The van der Waals surface area contributed by atoms with Crippen LogP contribution >= 0.6 is 0 Å². The topological polar surface area (TPSA) is 16.4 Å². The predicted molar refractivity (Wildman–Crippen MR) is 202 cm³/mol. The van der Waals surface area contributed by atoms with Gasteiger partial charge in [-0.25, -0.2) is 0 Å². The van der Waals surface area contributed by atoms with Gasteiger partial charge in [-0.2, -0.15) is 0 Å². The van der Waals surface area contributed by atoms with Gasteiger partial charge in [0.25, 0.3) is 0 Å². The summed E-state index contributed by atoms with van der Waals surface area (Å²) in [7, 11) is 0. The monoisotopic (exact) mass is 613 g/mol. The Bertz CT molecular complexity index is 2520. The van der Waals surface area contributed by atoms with E-state index in [1.54, 1.807) is 0 Å². The minimum atomic E-state index is 0.864. The van der Waals surface area contributed by atoms with Gasteiger partial charge in [-0.1, -0.05) is 146 Å². The lowest BCUT2D eigenvalue weighted by molar-refractivity contribution is 0.669. The maximum absolute atomic E-state index is 6.73. The number of fused-ring (bicyclic) bond motifs is 5. The van der Waals surface area contributed by atoms with Gasteiger partial charge in [0, 0.05) is 28.2 Å². The normalized spacial score (nSPS) is 11.3. The molecular weight excluding hydrogens is 583 g/mol. The Labute approximate surface area is 279 Å². The van der Waals surface area contributed by atoms with Gasteiger partial charge >= 0.3 is 0 Å². The maximum Gasteiger partial charge on any atom is 0.138 e. The van der Waals surface area contributed by atoms with E-state index in [9.17, 15) is 0 Å². The molecule has 0 saturated heterocycles. The minimum Gasteiger partial charge on any atom is -0.456 e. The molecule has 9 rings (SSSR count). The number of hydrogen-bond donors (Lipinski definition) is 0. The van der Waals surface area contributed by atoms with E-state index in [4.69, 9.17) is 4.42 Å². The van der Waals surface area contributed by atoms with Gasteiger partial charge in [-0.15, -0.1) is 0 Å². The Hall–Kier alpha value is -6.38. The Morgan fingerprint density at radius 3 is 1.52 bits per heavy atom. The van der Waals surface area contributed by atoms with Gasteiger partial charge in [0.15, 0.2) is 0 Å². The molecule has 2 heteroatoms. The summed E-state index contributed by atoms with van der Waals surface area (Å²) < 4.78 is 6.73. The Morgan fingerprint density at radius 2 is 0.854 bits per heavy atom. The van der Waals surface area contributed by atoms with Crippen LogP contribution in [-0.2, 0) is 0 Å². The van der Waals surface area contributed by atoms with Crippen molar-refractivity contribution in [2.24, 2.45) is 0 Å². The summed E-state index contributed by atoms with van der Waals surface area (Å²) >= 11 is 0. The molecule has 48 heavy (non-hydrogen) atoms. The summed E-state index contributed by atoms with van der Waals surface area (Å²) in [6.07, 6.45) is 0. The molecule has 9 aromatic rings. The second kappa shape index (κ2) is 11.8. The quantitative estimate of drug-likeness (QED) is 0.185. The van der Waals surface area contributed by atoms with Crippen LogP contribution in [0, 0.1) is 0 Å². The molecule has 0 N–H and O–H groups in total. The number of nitrogens with zero attached hydrogens (tertiary/aromatic N) is 1. The fourth-order valence-corrected chi connectivity index (χ4v) is 6.94. The average molecular weight is 614 g/mol. The van der Waals surface area contributed by atoms with Crippen LogP contribution in [0.4, 0.5) is 17.1 Å². The van der Waals surface area contributed by atoms with E-state index in [0.29, 0.717) is 0 Å². The summed E-state index contributed by atoms with van der Waals surface area (Å²) in [5, 5.41) is 4.67. The van der Waals surface area contributed by atoms with Crippen molar-refractivity contribution in [1.29, 1.82) is 0 Å². The van der Waals surface area contributed by atoms with Crippen molar-refractivity contribution in [3.63, 3.8) is 0 Å². The Kier molecular flexibility index (Phi) is 6.84. The van der Waals surface area contributed by atoms with Crippen molar-refractivity contribution >= 4 is 49.8 Å². The number of para-hydroxylation sites is 1. The molecule has 0 spiro atoms. The van der Waals surface area contributed by atoms with Gasteiger partial charge in [-0.05, 0) is 80.6 Å². The van der Waals surface area contributed by atoms with E-state index in [2.05, 4.69) is 193 Å². The summed E-state index contributed by atoms with van der Waals surface area (Å²) in [5.74, 6) is 0. The van der Waals surface area contributed by atoms with Crippen LogP contribution in [0.15, 0.2) is 192 Å². The van der Waals surface area contributed by atoms with Crippen LogP contribution < -0.4 is 4.90 Å². The molecular formula is C46H31NO. The molecule has 0 unspecified atom stereocenters. The van der Waals surface area contributed by atoms with Crippen molar-refractivity contribution in [2.45, 2.75) is 0 Å². The number of anilines is 3. The highest BCUT2D eigenvalue weighted by Crippen LogP contribution is 2.45. The molecule has 0 radical (unpaired) electrons. The van der Waals surface area contributed by atoms with Crippen molar-refractivity contribution < 1.29 is 4.42 Å². The molecule has 2 nitrogen and oxygen atoms in total. The highest BCUT2D eigenvalue weighted by molar-refractivity contribution is 6.23. The molecule has 0 atom stereocenters. The molecule has 8 aromatic carbocycles. The third kappa shape index (κ3) is 4.92. The number of hydrogen-bond acceptors (Lipinski definition) is 2. The first-order valence-corrected chi connectivity index (χ1v) is 16.3. The van der Waals surface area contributed by atoms with Gasteiger partial charge in [0.05, 0.1) is 5.69 Å². The zero-order valence-electron chi connectivity index (χ0n) is 26.3. The van der Waals surface area contributed by atoms with Crippen LogP contribution in [0.25, 0.3) is 66.1 Å². The minimum absolute atomic E-state index is 0.864. The van der Waals surface area contributed by atoms with Crippen molar-refractivity contribution in [3.05, 3.63) is 188 Å². The lowest BCUT2D eigenvalue weighted by Crippen LogP contribution is -2.10. The SMILES string of the molecule is c1ccc(-c2ccc(-c3cc(N(c4ccccc4)c4ccc(-c5ccccc5)cc4)cc4oc5ccc6ccccc6c5c34)cc2)cc1. The lowest BCUT2D eigenvalue weighted by Gasteiger charge is -2.26. The first-order valence-electron chi connectivity index (χ1n) is 16.3. The van der Waals surface area contributed by atoms with E-state index in [1.807, 2.05) is 0 Å². The molecule has 1 heterocycles. The molecule has 226 valence electrons. The van der Waals surface area contributed by atoms with Gasteiger partial charge in [0.2, 0.25) is 0 Å². The molecule has 0 saturated carbocycles. The standard InChI is InChI=1S/C46H31NO/c1-4-12-32(13-5-1)34-20-22-37(23-21-34)42-30-40(31-44-46(42)45-41-19-11-10-16-36(41)26-29-43(45)48-44)47(38-17-8-3-9-18-38)39-27-24-35(25-28-39)33-14-6-2-7-15-33/h1-31H. The molecule has 1 aromatic heterocycles. The largest absolute Gasteiger partial charge is 0.456 e. The summed E-state index contributed by atoms with van der Waals surface area (Å²) in [5.41, 5.74) is 12.0. The zero-order valence-corrected chi connectivity index (χ0v) is 26.3. The first-order chi connectivity index (χ1) is 23.8. The lowest BCUT2D eigenvalue weighted by atomic mass is 9.94. The highest BCUT2D eigenvalue weighted by Gasteiger charge is 2.21. The van der Waals surface area contributed by atoms with Crippen LogP contribution in [0.1, 0.15) is 0 Å². The van der Waals surface area contributed by atoms with Crippen LogP contribution in [0.3, 0.4) is 0 Å². The predicted octanol–water partition coefficient (Wildman–Crippen LogP) is 13.2. The maximum atomic E-state index is 6.73. The summed E-state index contributed by atoms with van der Waals surface area (Å²) in [6, 6.07) is 66.8. The summed E-state index contributed by atoms with van der Waals surface area (Å²) in [6.45, 7) is 0.